The normalized spacial score (nSPS) is 11.6. The van der Waals surface area contributed by atoms with E-state index in [4.69, 9.17) is 11.5 Å². The number of hydrogen-bond donors (Lipinski definition) is 4. The highest BCUT2D eigenvalue weighted by Crippen LogP contribution is 2.33. The molecule has 0 aliphatic carbocycles. The van der Waals surface area contributed by atoms with Crippen LogP contribution in [0.2, 0.25) is 0 Å². The quantitative estimate of drug-likeness (QED) is 0.674. The predicted molar refractivity (Wildman–Crippen MR) is 65.0 cm³/mol. The van der Waals surface area contributed by atoms with E-state index in [0.29, 0.717) is 0 Å². The van der Waals surface area contributed by atoms with Crippen molar-refractivity contribution >= 4 is 28.7 Å². The lowest BCUT2D eigenvalue weighted by atomic mass is 10.1. The SMILES string of the molecule is NC(=O)Nc1[nH]c2cc(C(F)(F)F)ccc2c1C(N)=O. The third-order valence-electron chi connectivity index (χ3n) is 2.62. The molecule has 1 aromatic carbocycles. The average molecular weight is 286 g/mol. The second-order valence-corrected chi connectivity index (χ2v) is 3.99. The van der Waals surface area contributed by atoms with E-state index in [1.165, 1.54) is 0 Å². The summed E-state index contributed by atoms with van der Waals surface area (Å²) in [6, 6.07) is 1.75. The van der Waals surface area contributed by atoms with Crippen LogP contribution in [0.3, 0.4) is 0 Å². The molecule has 3 amide bonds. The number of benzene rings is 1. The fourth-order valence-electron chi connectivity index (χ4n) is 1.85. The van der Waals surface area contributed by atoms with Gasteiger partial charge in [0, 0.05) is 10.9 Å². The Labute approximate surface area is 109 Å². The summed E-state index contributed by atoms with van der Waals surface area (Å²) in [6.45, 7) is 0. The molecule has 0 aliphatic heterocycles. The van der Waals surface area contributed by atoms with E-state index >= 15 is 0 Å². The van der Waals surface area contributed by atoms with Gasteiger partial charge in [-0.15, -0.1) is 0 Å². The number of aromatic nitrogens is 1. The molecule has 6 nitrogen and oxygen atoms in total. The smallest absolute Gasteiger partial charge is 0.365 e. The Kier molecular flexibility index (Phi) is 3.04. The van der Waals surface area contributed by atoms with Gasteiger partial charge >= 0.3 is 12.2 Å². The number of carbonyl (C=O) groups is 2. The molecule has 6 N–H and O–H groups in total. The number of amides is 3. The van der Waals surface area contributed by atoms with E-state index in [2.05, 4.69) is 10.3 Å². The molecule has 20 heavy (non-hydrogen) atoms. The Bertz CT molecular complexity index is 705. The van der Waals surface area contributed by atoms with Gasteiger partial charge in [-0.1, -0.05) is 6.07 Å². The first-order valence-electron chi connectivity index (χ1n) is 5.29. The number of anilines is 1. The van der Waals surface area contributed by atoms with Crippen molar-refractivity contribution in [2.24, 2.45) is 11.5 Å². The molecule has 0 unspecified atom stereocenters. The summed E-state index contributed by atoms with van der Waals surface area (Å²) in [5.41, 5.74) is 9.05. The molecule has 2 rings (SSSR count). The van der Waals surface area contributed by atoms with Gasteiger partial charge in [-0.25, -0.2) is 4.79 Å². The van der Waals surface area contributed by atoms with E-state index in [1.54, 1.807) is 0 Å². The Morgan fingerprint density at radius 1 is 1.20 bits per heavy atom. The fourth-order valence-corrected chi connectivity index (χ4v) is 1.85. The predicted octanol–water partition coefficient (Wildman–Crippen LogP) is 1.78. The van der Waals surface area contributed by atoms with Gasteiger partial charge in [-0.3, -0.25) is 10.1 Å². The summed E-state index contributed by atoms with van der Waals surface area (Å²) in [5.74, 6) is -1.04. The lowest BCUT2D eigenvalue weighted by molar-refractivity contribution is -0.137. The minimum absolute atomic E-state index is 0.0115. The fraction of sp³-hybridized carbons (Fsp3) is 0.0909. The minimum atomic E-state index is -4.52. The van der Waals surface area contributed by atoms with Crippen LogP contribution in [0.25, 0.3) is 10.9 Å². The summed E-state index contributed by atoms with van der Waals surface area (Å²) in [7, 11) is 0. The van der Waals surface area contributed by atoms with E-state index in [1.807, 2.05) is 0 Å². The number of aromatic amines is 1. The first-order valence-corrected chi connectivity index (χ1v) is 5.29. The van der Waals surface area contributed by atoms with Crippen molar-refractivity contribution in [3.63, 3.8) is 0 Å². The zero-order valence-electron chi connectivity index (χ0n) is 9.84. The summed E-state index contributed by atoms with van der Waals surface area (Å²) in [4.78, 5) is 24.6. The van der Waals surface area contributed by atoms with Crippen LogP contribution in [-0.4, -0.2) is 16.9 Å². The number of halogens is 3. The van der Waals surface area contributed by atoms with E-state index < -0.39 is 23.7 Å². The third kappa shape index (κ3) is 2.37. The molecule has 0 atom stereocenters. The van der Waals surface area contributed by atoms with Crippen molar-refractivity contribution in [2.75, 3.05) is 5.32 Å². The van der Waals surface area contributed by atoms with Crippen LogP contribution in [0.15, 0.2) is 18.2 Å². The van der Waals surface area contributed by atoms with Crippen LogP contribution in [0, 0.1) is 0 Å². The Hall–Kier alpha value is -2.71. The lowest BCUT2D eigenvalue weighted by Crippen LogP contribution is -2.22. The van der Waals surface area contributed by atoms with Crippen LogP contribution in [0.1, 0.15) is 15.9 Å². The number of alkyl halides is 3. The molecule has 106 valence electrons. The molecular formula is C11H9F3N4O2. The van der Waals surface area contributed by atoms with Gasteiger partial charge in [0.1, 0.15) is 5.82 Å². The highest BCUT2D eigenvalue weighted by molar-refractivity contribution is 6.12. The number of rotatable bonds is 2. The molecule has 9 heteroatoms. The van der Waals surface area contributed by atoms with E-state index in [0.717, 1.165) is 18.2 Å². The summed E-state index contributed by atoms with van der Waals surface area (Å²) in [5, 5.41) is 2.26. The van der Waals surface area contributed by atoms with Crippen molar-refractivity contribution in [2.45, 2.75) is 6.18 Å². The topological polar surface area (TPSA) is 114 Å². The van der Waals surface area contributed by atoms with Crippen LogP contribution >= 0.6 is 0 Å². The van der Waals surface area contributed by atoms with Gasteiger partial charge in [0.05, 0.1) is 11.1 Å². The number of urea groups is 1. The maximum atomic E-state index is 12.6. The Morgan fingerprint density at radius 3 is 2.35 bits per heavy atom. The first-order chi connectivity index (χ1) is 9.20. The van der Waals surface area contributed by atoms with Crippen molar-refractivity contribution in [1.29, 1.82) is 0 Å². The van der Waals surface area contributed by atoms with Crippen molar-refractivity contribution in [3.05, 3.63) is 29.3 Å². The highest BCUT2D eigenvalue weighted by Gasteiger charge is 2.31. The lowest BCUT2D eigenvalue weighted by Gasteiger charge is -2.05. The monoisotopic (exact) mass is 286 g/mol. The maximum Gasteiger partial charge on any atom is 0.416 e. The van der Waals surface area contributed by atoms with Gasteiger partial charge in [0.15, 0.2) is 0 Å². The minimum Gasteiger partial charge on any atom is -0.365 e. The van der Waals surface area contributed by atoms with Gasteiger partial charge in [0.25, 0.3) is 5.91 Å². The number of H-pyrrole nitrogens is 1. The van der Waals surface area contributed by atoms with Crippen molar-refractivity contribution < 1.29 is 22.8 Å². The van der Waals surface area contributed by atoms with Crippen LogP contribution in [0.5, 0.6) is 0 Å². The van der Waals surface area contributed by atoms with Gasteiger partial charge in [-0.05, 0) is 12.1 Å². The van der Waals surface area contributed by atoms with Crippen LogP contribution in [-0.2, 0) is 6.18 Å². The number of primary amides is 2. The van der Waals surface area contributed by atoms with Gasteiger partial charge < -0.3 is 16.5 Å². The average Bonchev–Trinajstić information content (AvgIpc) is 2.63. The second kappa shape index (κ2) is 4.44. The number of carbonyl (C=O) groups excluding carboxylic acids is 2. The van der Waals surface area contributed by atoms with Crippen LogP contribution < -0.4 is 16.8 Å². The molecule has 0 aliphatic rings. The van der Waals surface area contributed by atoms with E-state index in [-0.39, 0.29) is 22.3 Å². The van der Waals surface area contributed by atoms with Gasteiger partial charge in [-0.2, -0.15) is 13.2 Å². The zero-order chi connectivity index (χ0) is 15.1. The second-order valence-electron chi connectivity index (χ2n) is 3.99. The number of fused-ring (bicyclic) bond motifs is 1. The number of nitrogens with two attached hydrogens (primary N) is 2. The molecule has 1 aromatic heterocycles. The maximum absolute atomic E-state index is 12.6. The van der Waals surface area contributed by atoms with Crippen LogP contribution in [0.4, 0.5) is 23.8 Å². The number of nitrogens with one attached hydrogen (secondary N) is 2. The Morgan fingerprint density at radius 2 is 1.85 bits per heavy atom. The molecule has 0 saturated heterocycles. The molecule has 0 saturated carbocycles. The molecule has 0 radical (unpaired) electrons. The number of hydrogen-bond acceptors (Lipinski definition) is 2. The molecule has 0 spiro atoms. The molecule has 2 aromatic rings. The standard InChI is InChI=1S/C11H9F3N4O2/c12-11(13,14)4-1-2-5-6(3-4)17-9(18-10(16)20)7(5)8(15)19/h1-3,17H,(H2,15,19)(H3,16,18,20). The third-order valence-corrected chi connectivity index (χ3v) is 2.62. The van der Waals surface area contributed by atoms with Gasteiger partial charge in [0.2, 0.25) is 0 Å². The van der Waals surface area contributed by atoms with E-state index in [9.17, 15) is 22.8 Å². The summed E-state index contributed by atoms with van der Waals surface area (Å²) >= 11 is 0. The Balaban J connectivity index is 2.67. The molecular weight excluding hydrogens is 277 g/mol. The first kappa shape index (κ1) is 13.7. The molecule has 0 fully saturated rings. The van der Waals surface area contributed by atoms with Crippen molar-refractivity contribution in [3.8, 4) is 0 Å². The molecule has 1 heterocycles. The van der Waals surface area contributed by atoms with Crippen molar-refractivity contribution in [1.82, 2.24) is 4.98 Å². The zero-order valence-corrected chi connectivity index (χ0v) is 9.84. The molecule has 0 bridgehead atoms. The summed E-state index contributed by atoms with van der Waals surface area (Å²) in [6.07, 6.45) is -4.52. The summed E-state index contributed by atoms with van der Waals surface area (Å²) < 4.78 is 37.8. The largest absolute Gasteiger partial charge is 0.416 e. The highest BCUT2D eigenvalue weighted by atomic mass is 19.4.